The molecule has 2 rings (SSSR count). The van der Waals surface area contributed by atoms with Gasteiger partial charge in [-0.3, -0.25) is 0 Å². The molecule has 0 unspecified atom stereocenters. The average Bonchev–Trinajstić information content (AvgIpc) is 2.45. The first-order valence-electron chi connectivity index (χ1n) is 7.39. The van der Waals surface area contributed by atoms with Crippen LogP contribution in [0.4, 0.5) is 0 Å². The van der Waals surface area contributed by atoms with Crippen molar-refractivity contribution in [3.05, 3.63) is 54.1 Å². The molecule has 0 spiro atoms. The highest BCUT2D eigenvalue weighted by molar-refractivity contribution is 5.65. The summed E-state index contributed by atoms with van der Waals surface area (Å²) in [5.41, 5.74) is 3.83. The van der Waals surface area contributed by atoms with E-state index in [1.165, 1.54) is 16.7 Å². The van der Waals surface area contributed by atoms with E-state index in [2.05, 4.69) is 70.2 Å². The van der Waals surface area contributed by atoms with Gasteiger partial charge in [-0.05, 0) is 40.7 Å². The summed E-state index contributed by atoms with van der Waals surface area (Å²) in [4.78, 5) is 0. The Kier molecular flexibility index (Phi) is 4.84. The van der Waals surface area contributed by atoms with Gasteiger partial charge in [0.25, 0.3) is 0 Å². The Morgan fingerprint density at radius 2 is 1.55 bits per heavy atom. The van der Waals surface area contributed by atoms with Crippen LogP contribution >= 0.6 is 0 Å². The van der Waals surface area contributed by atoms with E-state index in [1.54, 1.807) is 0 Å². The maximum Gasteiger partial charge on any atom is 0.119 e. The van der Waals surface area contributed by atoms with E-state index in [9.17, 15) is 0 Å². The normalized spacial score (nSPS) is 11.1. The number of hydrogen-bond donors (Lipinski definition) is 0. The molecule has 0 aromatic heterocycles. The van der Waals surface area contributed by atoms with Crippen LogP contribution in [-0.2, 0) is 0 Å². The van der Waals surface area contributed by atoms with E-state index in [4.69, 9.17) is 4.74 Å². The maximum atomic E-state index is 5.79. The molecule has 0 bridgehead atoms. The zero-order valence-corrected chi connectivity index (χ0v) is 12.9. The van der Waals surface area contributed by atoms with Crippen LogP contribution in [-0.4, -0.2) is 6.61 Å². The number of benzene rings is 2. The van der Waals surface area contributed by atoms with Gasteiger partial charge in [-0.25, -0.2) is 0 Å². The van der Waals surface area contributed by atoms with Crippen molar-refractivity contribution in [2.45, 2.75) is 33.6 Å². The third-order valence-corrected chi connectivity index (χ3v) is 3.33. The van der Waals surface area contributed by atoms with Crippen LogP contribution in [0, 0.1) is 5.92 Å². The van der Waals surface area contributed by atoms with Gasteiger partial charge >= 0.3 is 0 Å². The molecular weight excluding hydrogens is 244 g/mol. The molecule has 0 heterocycles. The van der Waals surface area contributed by atoms with Gasteiger partial charge in [0.1, 0.15) is 5.75 Å². The van der Waals surface area contributed by atoms with Crippen LogP contribution in [0.2, 0.25) is 0 Å². The van der Waals surface area contributed by atoms with Crippen LogP contribution in [0.3, 0.4) is 0 Å². The average molecular weight is 268 g/mol. The SMILES string of the molecule is CC(C)COc1cccc(-c2ccc(C(C)C)cc2)c1. The van der Waals surface area contributed by atoms with Gasteiger partial charge in [-0.1, -0.05) is 64.1 Å². The van der Waals surface area contributed by atoms with E-state index in [0.717, 1.165) is 12.4 Å². The Bertz CT molecular complexity index is 538. The monoisotopic (exact) mass is 268 g/mol. The molecule has 1 nitrogen and oxygen atoms in total. The fourth-order valence-corrected chi connectivity index (χ4v) is 2.09. The van der Waals surface area contributed by atoms with Crippen molar-refractivity contribution in [2.75, 3.05) is 6.61 Å². The second-order valence-corrected chi connectivity index (χ2v) is 6.01. The third kappa shape index (κ3) is 3.86. The van der Waals surface area contributed by atoms with Crippen molar-refractivity contribution in [3.63, 3.8) is 0 Å². The van der Waals surface area contributed by atoms with E-state index >= 15 is 0 Å². The fourth-order valence-electron chi connectivity index (χ4n) is 2.09. The second-order valence-electron chi connectivity index (χ2n) is 6.01. The molecule has 0 atom stereocenters. The molecular formula is C19H24O. The lowest BCUT2D eigenvalue weighted by molar-refractivity contribution is 0.271. The first-order valence-corrected chi connectivity index (χ1v) is 7.39. The topological polar surface area (TPSA) is 9.23 Å². The molecule has 0 fully saturated rings. The van der Waals surface area contributed by atoms with Gasteiger partial charge in [0.05, 0.1) is 6.61 Å². The van der Waals surface area contributed by atoms with E-state index in [0.29, 0.717) is 11.8 Å². The van der Waals surface area contributed by atoms with E-state index in [-0.39, 0.29) is 0 Å². The van der Waals surface area contributed by atoms with Crippen LogP contribution < -0.4 is 4.74 Å². The molecule has 106 valence electrons. The predicted molar refractivity (Wildman–Crippen MR) is 86.3 cm³/mol. The fraction of sp³-hybridized carbons (Fsp3) is 0.368. The smallest absolute Gasteiger partial charge is 0.119 e. The lowest BCUT2D eigenvalue weighted by atomic mass is 9.99. The minimum atomic E-state index is 0.545. The van der Waals surface area contributed by atoms with Gasteiger partial charge in [-0.2, -0.15) is 0 Å². The van der Waals surface area contributed by atoms with E-state index < -0.39 is 0 Å². The standard InChI is InChI=1S/C19H24O/c1-14(2)13-20-19-7-5-6-18(12-19)17-10-8-16(9-11-17)15(3)4/h5-12,14-15H,13H2,1-4H3. The summed E-state index contributed by atoms with van der Waals surface area (Å²) in [7, 11) is 0. The molecule has 0 aliphatic carbocycles. The molecule has 0 aliphatic heterocycles. The Hall–Kier alpha value is -1.76. The summed E-state index contributed by atoms with van der Waals surface area (Å²) < 4.78 is 5.79. The molecule has 0 radical (unpaired) electrons. The number of ether oxygens (including phenoxy) is 1. The van der Waals surface area contributed by atoms with E-state index in [1.807, 2.05) is 6.07 Å². The maximum absolute atomic E-state index is 5.79. The first kappa shape index (κ1) is 14.6. The van der Waals surface area contributed by atoms with Gasteiger partial charge < -0.3 is 4.74 Å². The van der Waals surface area contributed by atoms with Crippen LogP contribution in [0.1, 0.15) is 39.2 Å². The number of rotatable bonds is 5. The zero-order chi connectivity index (χ0) is 14.5. The number of hydrogen-bond acceptors (Lipinski definition) is 1. The summed E-state index contributed by atoms with van der Waals surface area (Å²) in [5.74, 6) is 2.07. The lowest BCUT2D eigenvalue weighted by Gasteiger charge is -2.11. The Morgan fingerprint density at radius 3 is 2.15 bits per heavy atom. The minimum absolute atomic E-state index is 0.545. The van der Waals surface area contributed by atoms with Crippen molar-refractivity contribution in [1.82, 2.24) is 0 Å². The molecule has 0 saturated carbocycles. The minimum Gasteiger partial charge on any atom is -0.493 e. The first-order chi connectivity index (χ1) is 9.56. The molecule has 20 heavy (non-hydrogen) atoms. The molecule has 0 saturated heterocycles. The van der Waals surface area contributed by atoms with Crippen molar-refractivity contribution in [3.8, 4) is 16.9 Å². The Labute approximate surface area is 122 Å². The molecule has 0 N–H and O–H groups in total. The largest absolute Gasteiger partial charge is 0.493 e. The Balaban J connectivity index is 2.17. The molecule has 1 heteroatoms. The van der Waals surface area contributed by atoms with Crippen LogP contribution in [0.15, 0.2) is 48.5 Å². The summed E-state index contributed by atoms with van der Waals surface area (Å²) >= 11 is 0. The van der Waals surface area contributed by atoms with Gasteiger partial charge in [0.2, 0.25) is 0 Å². The van der Waals surface area contributed by atoms with Crippen LogP contribution in [0.25, 0.3) is 11.1 Å². The molecule has 2 aromatic rings. The predicted octanol–water partition coefficient (Wildman–Crippen LogP) is 5.51. The van der Waals surface area contributed by atoms with Crippen molar-refractivity contribution in [1.29, 1.82) is 0 Å². The van der Waals surface area contributed by atoms with Crippen molar-refractivity contribution >= 4 is 0 Å². The summed E-state index contributed by atoms with van der Waals surface area (Å²) in [6.07, 6.45) is 0. The quantitative estimate of drug-likeness (QED) is 0.694. The van der Waals surface area contributed by atoms with Crippen LogP contribution in [0.5, 0.6) is 5.75 Å². The molecule has 0 aliphatic rings. The highest BCUT2D eigenvalue weighted by atomic mass is 16.5. The van der Waals surface area contributed by atoms with Gasteiger partial charge in [0, 0.05) is 0 Å². The second kappa shape index (κ2) is 6.60. The van der Waals surface area contributed by atoms with Gasteiger partial charge in [0.15, 0.2) is 0 Å². The van der Waals surface area contributed by atoms with Crippen molar-refractivity contribution in [2.24, 2.45) is 5.92 Å². The highest BCUT2D eigenvalue weighted by Crippen LogP contribution is 2.26. The summed E-state index contributed by atoms with van der Waals surface area (Å²) in [6, 6.07) is 17.1. The molecule has 2 aromatic carbocycles. The van der Waals surface area contributed by atoms with Crippen molar-refractivity contribution < 1.29 is 4.74 Å². The summed E-state index contributed by atoms with van der Waals surface area (Å²) in [6.45, 7) is 9.52. The Morgan fingerprint density at radius 1 is 0.850 bits per heavy atom. The lowest BCUT2D eigenvalue weighted by Crippen LogP contribution is -2.04. The highest BCUT2D eigenvalue weighted by Gasteiger charge is 2.03. The zero-order valence-electron chi connectivity index (χ0n) is 12.9. The molecule has 0 amide bonds. The third-order valence-electron chi connectivity index (χ3n) is 3.33. The summed E-state index contributed by atoms with van der Waals surface area (Å²) in [5, 5.41) is 0. The van der Waals surface area contributed by atoms with Gasteiger partial charge in [-0.15, -0.1) is 0 Å².